The minimum atomic E-state index is -4.05. The first-order valence-electron chi connectivity index (χ1n) is 14.2. The van der Waals surface area contributed by atoms with Crippen molar-refractivity contribution < 1.29 is 37.8 Å². The molecule has 17 heteroatoms. The second-order valence-corrected chi connectivity index (χ2v) is 15.1. The summed E-state index contributed by atoms with van der Waals surface area (Å²) >= 11 is 7.53. The number of hydrogen-bond donors (Lipinski definition) is 4. The molecule has 0 saturated carbocycles. The van der Waals surface area contributed by atoms with Gasteiger partial charge in [0.1, 0.15) is 17.1 Å². The van der Waals surface area contributed by atoms with Gasteiger partial charge in [0.05, 0.1) is 24.7 Å². The number of nitrogens with zero attached hydrogens (tertiary/aromatic N) is 1. The Morgan fingerprint density at radius 1 is 1.22 bits per heavy atom. The number of carbonyl (C=O) groups excluding carboxylic acids is 2. The molecule has 14 nitrogen and oxygen atoms in total. The molecular formula is C28H40ClN4O10PS. The lowest BCUT2D eigenvalue weighted by molar-refractivity contribution is -0.117. The Hall–Kier alpha value is -2.49. The van der Waals surface area contributed by atoms with Gasteiger partial charge in [0.2, 0.25) is 0 Å². The molecule has 0 bridgehead atoms. The van der Waals surface area contributed by atoms with Crippen molar-refractivity contribution in [3.63, 3.8) is 0 Å². The van der Waals surface area contributed by atoms with Crippen LogP contribution in [-0.2, 0) is 34.4 Å². The van der Waals surface area contributed by atoms with Gasteiger partial charge in [0, 0.05) is 31.1 Å². The maximum atomic E-state index is 13.8. The number of alkyl halides is 1. The number of rotatable bonds is 15. The number of hydrogen-bond acceptors (Lipinski definition) is 11. The first-order valence-corrected chi connectivity index (χ1v) is 17.1. The zero-order valence-corrected chi connectivity index (χ0v) is 28.2. The van der Waals surface area contributed by atoms with Crippen LogP contribution in [0.3, 0.4) is 0 Å². The highest BCUT2D eigenvalue weighted by atomic mass is 35.5. The number of H-pyrrole nitrogens is 1. The summed E-state index contributed by atoms with van der Waals surface area (Å²) in [6.45, 7) is 7.85. The van der Waals surface area contributed by atoms with E-state index in [2.05, 4.69) is 15.4 Å². The number of aliphatic hydroxyl groups is 1. The van der Waals surface area contributed by atoms with Crippen LogP contribution in [0, 0.1) is 5.41 Å². The topological polar surface area (TPSA) is 187 Å². The van der Waals surface area contributed by atoms with E-state index in [9.17, 15) is 28.8 Å². The van der Waals surface area contributed by atoms with Crippen LogP contribution in [0.25, 0.3) is 0 Å². The summed E-state index contributed by atoms with van der Waals surface area (Å²) in [5.74, 6) is 0.124. The van der Waals surface area contributed by atoms with Crippen molar-refractivity contribution in [3.05, 3.63) is 69.0 Å². The Kier molecular flexibility index (Phi) is 13.0. The van der Waals surface area contributed by atoms with Crippen LogP contribution in [0.5, 0.6) is 0 Å². The largest absolute Gasteiger partial charge is 0.447 e. The summed E-state index contributed by atoms with van der Waals surface area (Å²) in [7, 11) is -4.05. The van der Waals surface area contributed by atoms with Gasteiger partial charge in [-0.1, -0.05) is 55.9 Å². The van der Waals surface area contributed by atoms with Crippen molar-refractivity contribution >= 4 is 42.3 Å². The molecule has 0 aliphatic carbocycles. The summed E-state index contributed by atoms with van der Waals surface area (Å²) in [5, 5.41) is 16.1. The van der Waals surface area contributed by atoms with Gasteiger partial charge in [-0.15, -0.1) is 11.6 Å². The van der Waals surface area contributed by atoms with Crippen molar-refractivity contribution in [1.82, 2.24) is 20.0 Å². The van der Waals surface area contributed by atoms with Gasteiger partial charge in [-0.2, -0.15) is 0 Å². The second kappa shape index (κ2) is 15.9. The Labute approximate surface area is 270 Å². The van der Waals surface area contributed by atoms with E-state index >= 15 is 0 Å². The van der Waals surface area contributed by atoms with Crippen LogP contribution in [0.2, 0.25) is 0 Å². The van der Waals surface area contributed by atoms with Crippen LogP contribution in [-0.4, -0.2) is 74.6 Å². The summed E-state index contributed by atoms with van der Waals surface area (Å²) in [4.78, 5) is 49.1. The van der Waals surface area contributed by atoms with Crippen molar-refractivity contribution in [2.24, 2.45) is 5.41 Å². The van der Waals surface area contributed by atoms with Gasteiger partial charge < -0.3 is 19.9 Å². The predicted octanol–water partition coefficient (Wildman–Crippen LogP) is 3.14. The normalized spacial score (nSPS) is 23.1. The number of halogens is 1. The number of aliphatic hydroxyl groups excluding tert-OH is 1. The molecule has 1 saturated heterocycles. The number of nitrogens with one attached hydrogen (secondary N) is 3. The predicted molar refractivity (Wildman–Crippen MR) is 169 cm³/mol. The number of ether oxygens (including phenoxy) is 2. The summed E-state index contributed by atoms with van der Waals surface area (Å²) in [6, 6.07) is 10.2. The lowest BCUT2D eigenvalue weighted by Gasteiger charge is -2.26. The third-order valence-corrected chi connectivity index (χ3v) is 9.85. The summed E-state index contributed by atoms with van der Waals surface area (Å²) < 4.78 is 37.0. The van der Waals surface area contributed by atoms with Crippen LogP contribution < -0.4 is 21.7 Å². The standard InChI is InChI=1S/C28H40ClN4O10PS/c1-18(2)42-26(38)30-17-27(3,4)24(36)45-14-13-40-44(39,31-15-19-9-7-6-8-10-19)41-16-20-22(35)28(5,29)23(43-20)33-12-11-21(34)32-25(33)37/h6-12,18,20,22-23,35H,13-17H2,1-5H3,(H,30,38)(H,31,39)(H,32,34,37)/t20-,22-,23-,28-,44+/m1/s1. The van der Waals surface area contributed by atoms with Crippen LogP contribution >= 0.6 is 31.1 Å². The maximum Gasteiger partial charge on any atom is 0.407 e. The highest BCUT2D eigenvalue weighted by Gasteiger charge is 2.54. The first kappa shape index (κ1) is 37.0. The molecule has 2 aromatic rings. The molecule has 1 amide bonds. The zero-order valence-electron chi connectivity index (χ0n) is 25.7. The van der Waals surface area contributed by atoms with E-state index in [1.165, 1.54) is 13.1 Å². The molecular weight excluding hydrogens is 651 g/mol. The van der Waals surface area contributed by atoms with E-state index in [1.54, 1.807) is 27.7 Å². The molecule has 0 unspecified atom stereocenters. The van der Waals surface area contributed by atoms with Crippen LogP contribution in [0.1, 0.15) is 46.4 Å². The number of benzene rings is 1. The molecule has 1 aliphatic heterocycles. The fourth-order valence-electron chi connectivity index (χ4n) is 4.15. The van der Waals surface area contributed by atoms with E-state index < -0.39 is 60.4 Å². The van der Waals surface area contributed by atoms with E-state index in [4.69, 9.17) is 30.1 Å². The smallest absolute Gasteiger partial charge is 0.407 e. The van der Waals surface area contributed by atoms with Crippen LogP contribution in [0.4, 0.5) is 4.79 Å². The van der Waals surface area contributed by atoms with E-state index in [1.807, 2.05) is 30.3 Å². The number of aromatic nitrogens is 2. The van der Waals surface area contributed by atoms with Crippen molar-refractivity contribution in [1.29, 1.82) is 0 Å². The molecule has 0 radical (unpaired) electrons. The SMILES string of the molecule is CC(C)OC(=O)NCC(C)(C)C(=O)SCCO[P@@](=O)(NCc1ccccc1)OC[C@H]1O[C@@H](n2ccc(=O)[nH]c2=O)[C@](C)(Cl)[C@@H]1O. The molecule has 250 valence electrons. The fourth-order valence-corrected chi connectivity index (χ4v) is 6.70. The molecule has 1 aromatic carbocycles. The van der Waals surface area contributed by atoms with Gasteiger partial charge in [-0.05, 0) is 26.3 Å². The van der Waals surface area contributed by atoms with Crippen molar-refractivity contribution in [3.8, 4) is 0 Å². The molecule has 5 atom stereocenters. The highest BCUT2D eigenvalue weighted by Crippen LogP contribution is 2.47. The molecule has 0 spiro atoms. The third kappa shape index (κ3) is 10.5. The lowest BCUT2D eigenvalue weighted by Crippen LogP contribution is -2.43. The minimum Gasteiger partial charge on any atom is -0.447 e. The van der Waals surface area contributed by atoms with E-state index in [-0.39, 0.29) is 36.7 Å². The molecule has 45 heavy (non-hydrogen) atoms. The molecule has 4 N–H and O–H groups in total. The zero-order chi connectivity index (χ0) is 33.4. The van der Waals surface area contributed by atoms with Gasteiger partial charge in [-0.3, -0.25) is 28.2 Å². The monoisotopic (exact) mass is 690 g/mol. The molecule has 2 heterocycles. The van der Waals surface area contributed by atoms with Crippen molar-refractivity contribution in [2.75, 3.05) is 25.5 Å². The second-order valence-electron chi connectivity index (χ2n) is 11.4. The Morgan fingerprint density at radius 3 is 2.56 bits per heavy atom. The average Bonchev–Trinajstić information content (AvgIpc) is 3.20. The molecule has 1 fully saturated rings. The number of aromatic amines is 1. The van der Waals surface area contributed by atoms with E-state index in [0.29, 0.717) is 0 Å². The number of alkyl carbamates (subject to hydrolysis) is 1. The van der Waals surface area contributed by atoms with Gasteiger partial charge in [0.15, 0.2) is 11.3 Å². The van der Waals surface area contributed by atoms with Gasteiger partial charge >= 0.3 is 19.5 Å². The third-order valence-electron chi connectivity index (χ3n) is 6.70. The number of carbonyl (C=O) groups is 2. The van der Waals surface area contributed by atoms with Crippen LogP contribution in [0.15, 0.2) is 52.2 Å². The number of amides is 1. The molecule has 1 aliphatic rings. The van der Waals surface area contributed by atoms with Gasteiger partial charge in [-0.25, -0.2) is 19.2 Å². The van der Waals surface area contributed by atoms with Gasteiger partial charge in [0.25, 0.3) is 5.56 Å². The average molecular weight is 691 g/mol. The fraction of sp³-hybridized carbons (Fsp3) is 0.571. The van der Waals surface area contributed by atoms with Crippen molar-refractivity contribution in [2.45, 2.75) is 70.6 Å². The first-order chi connectivity index (χ1) is 21.0. The maximum absolute atomic E-state index is 13.8. The summed E-state index contributed by atoms with van der Waals surface area (Å²) in [6.07, 6.45) is -3.40. The van der Waals surface area contributed by atoms with E-state index in [0.717, 1.165) is 28.0 Å². The summed E-state index contributed by atoms with van der Waals surface area (Å²) in [5.41, 5.74) is -1.52. The Bertz CT molecular complexity index is 1470. The molecule has 3 rings (SSSR count). The number of thioether (sulfide) groups is 1. The Balaban J connectivity index is 1.63. The quantitative estimate of drug-likeness (QED) is 0.122. The Morgan fingerprint density at radius 2 is 1.91 bits per heavy atom. The lowest BCUT2D eigenvalue weighted by atomic mass is 9.96. The minimum absolute atomic E-state index is 0.0564. The molecule has 1 aromatic heterocycles. The highest BCUT2D eigenvalue weighted by molar-refractivity contribution is 8.13.